The zero-order valence-corrected chi connectivity index (χ0v) is 20.2. The van der Waals surface area contributed by atoms with Crippen LogP contribution < -0.4 is 25.5 Å². The van der Waals surface area contributed by atoms with Gasteiger partial charge in [-0.25, -0.2) is 0 Å². The predicted octanol–water partition coefficient (Wildman–Crippen LogP) is 4.42. The Morgan fingerprint density at radius 2 is 1.77 bits per heavy atom. The van der Waals surface area contributed by atoms with Gasteiger partial charge in [0.15, 0.2) is 11.5 Å². The fourth-order valence-corrected chi connectivity index (χ4v) is 4.43. The number of nitriles is 1. The van der Waals surface area contributed by atoms with Gasteiger partial charge in [0, 0.05) is 18.3 Å². The van der Waals surface area contributed by atoms with Gasteiger partial charge >= 0.3 is 0 Å². The van der Waals surface area contributed by atoms with Crippen molar-refractivity contribution in [3.63, 3.8) is 0 Å². The number of hydrogen-bond donors (Lipinski definition) is 1. The van der Waals surface area contributed by atoms with Crippen LogP contribution in [-0.4, -0.2) is 17.8 Å². The standard InChI is InChI=1S/C28H29N3O4/c1-4-33-22-12-11-20(16-23(22)34-5-2)25-21(17-29)27(30)35-24-15-18(3)31(28(32)26(24)25)14-13-19-9-7-6-8-10-19/h6-12,15-16,25H,4-5,13-14,30H2,1-3H3/t25-/m0/s1. The third-order valence-electron chi connectivity index (χ3n) is 6.06. The smallest absolute Gasteiger partial charge is 0.258 e. The van der Waals surface area contributed by atoms with E-state index in [-0.39, 0.29) is 17.0 Å². The van der Waals surface area contributed by atoms with Crippen molar-refractivity contribution in [2.75, 3.05) is 13.2 Å². The van der Waals surface area contributed by atoms with Crippen LogP contribution in [0.1, 0.15) is 42.1 Å². The van der Waals surface area contributed by atoms with Crippen LogP contribution in [0, 0.1) is 18.3 Å². The summed E-state index contributed by atoms with van der Waals surface area (Å²) in [5, 5.41) is 9.96. The molecular formula is C28H29N3O4. The molecule has 0 saturated heterocycles. The summed E-state index contributed by atoms with van der Waals surface area (Å²) in [4.78, 5) is 13.8. The van der Waals surface area contributed by atoms with Crippen molar-refractivity contribution in [2.24, 2.45) is 5.73 Å². The molecule has 7 nitrogen and oxygen atoms in total. The van der Waals surface area contributed by atoms with Crippen LogP contribution in [0.3, 0.4) is 0 Å². The Morgan fingerprint density at radius 3 is 2.46 bits per heavy atom. The lowest BCUT2D eigenvalue weighted by atomic mass is 9.84. The Morgan fingerprint density at radius 1 is 1.06 bits per heavy atom. The van der Waals surface area contributed by atoms with E-state index in [4.69, 9.17) is 19.9 Å². The van der Waals surface area contributed by atoms with Crippen LogP contribution in [0.25, 0.3) is 0 Å². The quantitative estimate of drug-likeness (QED) is 0.522. The highest BCUT2D eigenvalue weighted by Crippen LogP contribution is 2.42. The molecule has 180 valence electrons. The minimum Gasteiger partial charge on any atom is -0.490 e. The van der Waals surface area contributed by atoms with Crippen molar-refractivity contribution in [1.82, 2.24) is 4.57 Å². The maximum absolute atomic E-state index is 13.8. The third kappa shape index (κ3) is 4.73. The summed E-state index contributed by atoms with van der Waals surface area (Å²) in [6.45, 7) is 7.09. The number of allylic oxidation sites excluding steroid dienone is 1. The number of fused-ring (bicyclic) bond motifs is 1. The van der Waals surface area contributed by atoms with Crippen LogP contribution >= 0.6 is 0 Å². The average Bonchev–Trinajstić information content (AvgIpc) is 2.85. The first-order valence-corrected chi connectivity index (χ1v) is 11.7. The molecule has 0 bridgehead atoms. The number of aryl methyl sites for hydroxylation is 2. The Balaban J connectivity index is 1.84. The molecule has 2 aromatic carbocycles. The van der Waals surface area contributed by atoms with Crippen molar-refractivity contribution in [3.05, 3.63) is 98.8 Å². The maximum Gasteiger partial charge on any atom is 0.258 e. The maximum atomic E-state index is 13.8. The number of benzene rings is 2. The van der Waals surface area contributed by atoms with E-state index >= 15 is 0 Å². The molecule has 0 spiro atoms. The highest BCUT2D eigenvalue weighted by atomic mass is 16.5. The fourth-order valence-electron chi connectivity index (χ4n) is 4.43. The van der Waals surface area contributed by atoms with Crippen LogP contribution in [0.4, 0.5) is 0 Å². The number of rotatable bonds is 8. The van der Waals surface area contributed by atoms with Crippen LogP contribution in [0.5, 0.6) is 17.2 Å². The summed E-state index contributed by atoms with van der Waals surface area (Å²) >= 11 is 0. The summed E-state index contributed by atoms with van der Waals surface area (Å²) < 4.78 is 19.0. The normalized spacial score (nSPS) is 14.6. The topological polar surface area (TPSA) is 99.5 Å². The Bertz CT molecular complexity index is 1350. The first kappa shape index (κ1) is 24.0. The van der Waals surface area contributed by atoms with E-state index in [2.05, 4.69) is 6.07 Å². The zero-order chi connectivity index (χ0) is 24.9. The first-order valence-electron chi connectivity index (χ1n) is 11.7. The van der Waals surface area contributed by atoms with E-state index in [1.165, 1.54) is 0 Å². The highest BCUT2D eigenvalue weighted by Gasteiger charge is 2.35. The molecular weight excluding hydrogens is 442 g/mol. The van der Waals surface area contributed by atoms with E-state index in [9.17, 15) is 10.1 Å². The fraction of sp³-hybridized carbons (Fsp3) is 0.286. The van der Waals surface area contributed by atoms with Crippen molar-refractivity contribution in [1.29, 1.82) is 5.26 Å². The molecule has 2 heterocycles. The summed E-state index contributed by atoms with van der Waals surface area (Å²) in [5.74, 6) is 0.835. The number of ether oxygens (including phenoxy) is 3. The van der Waals surface area contributed by atoms with Gasteiger partial charge in [0.1, 0.15) is 17.4 Å². The van der Waals surface area contributed by atoms with Crippen molar-refractivity contribution < 1.29 is 14.2 Å². The molecule has 0 saturated carbocycles. The highest BCUT2D eigenvalue weighted by molar-refractivity contribution is 5.57. The lowest BCUT2D eigenvalue weighted by molar-refractivity contribution is 0.287. The molecule has 0 unspecified atom stereocenters. The molecule has 7 heteroatoms. The second-order valence-electron chi connectivity index (χ2n) is 8.25. The predicted molar refractivity (Wildman–Crippen MR) is 134 cm³/mol. The lowest BCUT2D eigenvalue weighted by Crippen LogP contribution is -2.33. The van der Waals surface area contributed by atoms with E-state index < -0.39 is 5.92 Å². The molecule has 4 rings (SSSR count). The van der Waals surface area contributed by atoms with Gasteiger partial charge in [-0.1, -0.05) is 36.4 Å². The van der Waals surface area contributed by atoms with E-state index in [1.54, 1.807) is 10.6 Å². The summed E-state index contributed by atoms with van der Waals surface area (Å²) in [5.41, 5.74) is 9.14. The Hall–Kier alpha value is -4.18. The molecule has 35 heavy (non-hydrogen) atoms. The minimum atomic E-state index is -0.685. The number of pyridine rings is 1. The zero-order valence-electron chi connectivity index (χ0n) is 20.2. The van der Waals surface area contributed by atoms with Crippen LogP contribution in [0.15, 0.2) is 70.8 Å². The van der Waals surface area contributed by atoms with Crippen LogP contribution in [-0.2, 0) is 13.0 Å². The average molecular weight is 472 g/mol. The molecule has 0 radical (unpaired) electrons. The molecule has 1 aliphatic heterocycles. The molecule has 0 amide bonds. The van der Waals surface area contributed by atoms with Crippen LogP contribution in [0.2, 0.25) is 0 Å². The number of nitrogens with zero attached hydrogens (tertiary/aromatic N) is 2. The SMILES string of the molecule is CCOc1ccc([C@H]2C(C#N)=C(N)Oc3cc(C)n(CCc4ccccc4)c(=O)c32)cc1OCC. The molecule has 0 aliphatic carbocycles. The molecule has 2 N–H and O–H groups in total. The van der Waals surface area contributed by atoms with E-state index in [0.29, 0.717) is 54.6 Å². The van der Waals surface area contributed by atoms with Gasteiger partial charge in [0.25, 0.3) is 5.56 Å². The van der Waals surface area contributed by atoms with Crippen molar-refractivity contribution in [3.8, 4) is 23.3 Å². The van der Waals surface area contributed by atoms with E-state index in [1.807, 2.05) is 69.3 Å². The Kier molecular flexibility index (Phi) is 7.11. The van der Waals surface area contributed by atoms with Gasteiger partial charge in [0.2, 0.25) is 5.88 Å². The first-order chi connectivity index (χ1) is 17.0. The van der Waals surface area contributed by atoms with Crippen molar-refractivity contribution in [2.45, 2.75) is 39.7 Å². The number of aromatic nitrogens is 1. The number of nitrogens with two attached hydrogens (primary N) is 1. The van der Waals surface area contributed by atoms with Gasteiger partial charge in [-0.2, -0.15) is 5.26 Å². The molecule has 3 aromatic rings. The second-order valence-corrected chi connectivity index (χ2v) is 8.25. The van der Waals surface area contributed by atoms with Gasteiger partial charge < -0.3 is 24.5 Å². The second kappa shape index (κ2) is 10.4. The Labute approximate surface area is 205 Å². The number of hydrogen-bond acceptors (Lipinski definition) is 6. The van der Waals surface area contributed by atoms with Gasteiger partial charge in [-0.15, -0.1) is 0 Å². The third-order valence-corrected chi connectivity index (χ3v) is 6.06. The van der Waals surface area contributed by atoms with Gasteiger partial charge in [0.05, 0.1) is 24.7 Å². The molecule has 1 aliphatic rings. The summed E-state index contributed by atoms with van der Waals surface area (Å²) in [7, 11) is 0. The van der Waals surface area contributed by atoms with Gasteiger partial charge in [-0.3, -0.25) is 4.79 Å². The summed E-state index contributed by atoms with van der Waals surface area (Å²) in [6, 6.07) is 19.4. The lowest BCUT2D eigenvalue weighted by Gasteiger charge is -2.28. The largest absolute Gasteiger partial charge is 0.490 e. The molecule has 1 atom stereocenters. The summed E-state index contributed by atoms with van der Waals surface area (Å²) in [6.07, 6.45) is 0.701. The molecule has 0 fully saturated rings. The van der Waals surface area contributed by atoms with Crippen molar-refractivity contribution >= 4 is 0 Å². The van der Waals surface area contributed by atoms with E-state index in [0.717, 1.165) is 11.3 Å². The van der Waals surface area contributed by atoms with Gasteiger partial charge in [-0.05, 0) is 50.5 Å². The minimum absolute atomic E-state index is 0.00215. The molecule has 1 aromatic heterocycles. The monoisotopic (exact) mass is 471 g/mol.